The lowest BCUT2D eigenvalue weighted by atomic mass is 9.98. The first-order valence-corrected chi connectivity index (χ1v) is 10.9. The lowest BCUT2D eigenvalue weighted by Crippen LogP contribution is -2.43. The number of aryl methyl sites for hydroxylation is 3. The van der Waals surface area contributed by atoms with Crippen LogP contribution in [0.5, 0.6) is 0 Å². The first kappa shape index (κ1) is 26.4. The van der Waals surface area contributed by atoms with Gasteiger partial charge in [-0.05, 0) is 50.3 Å². The minimum Gasteiger partial charge on any atom is -0.475 e. The predicted molar refractivity (Wildman–Crippen MR) is 116 cm³/mol. The summed E-state index contributed by atoms with van der Waals surface area (Å²) >= 11 is 0. The number of halogens is 3. The van der Waals surface area contributed by atoms with E-state index in [2.05, 4.69) is 31.1 Å². The number of ether oxygens (including phenoxy) is 1. The molecule has 1 N–H and O–H groups in total. The van der Waals surface area contributed by atoms with Gasteiger partial charge in [0.05, 0.1) is 24.5 Å². The van der Waals surface area contributed by atoms with E-state index in [9.17, 15) is 18.0 Å². The van der Waals surface area contributed by atoms with Crippen molar-refractivity contribution in [2.75, 3.05) is 19.8 Å². The molecule has 0 radical (unpaired) electrons. The van der Waals surface area contributed by atoms with Crippen molar-refractivity contribution >= 4 is 11.9 Å². The van der Waals surface area contributed by atoms with Crippen LogP contribution in [0.4, 0.5) is 13.2 Å². The number of aliphatic carboxylic acids is 1. The maximum absolute atomic E-state index is 13.0. The lowest BCUT2D eigenvalue weighted by molar-refractivity contribution is -0.192. The second-order valence-corrected chi connectivity index (χ2v) is 7.61. The van der Waals surface area contributed by atoms with Gasteiger partial charge in [-0.15, -0.1) is 0 Å². The molecule has 7 nitrogen and oxygen atoms in total. The van der Waals surface area contributed by atoms with E-state index in [1.165, 1.54) is 16.7 Å². The van der Waals surface area contributed by atoms with Crippen LogP contribution >= 0.6 is 0 Å². The third-order valence-corrected chi connectivity index (χ3v) is 5.49. The standard InChI is InChI=1S/C21H29N3O2.C2HF3O2/c1-4-24-21-18(14-22-24)12-13-23(19(21)15-26-5-2)20(25)11-10-17-9-7-6-8-16(17)3;3-2(4,5)1(6)7/h6-9,14,19H,4-5,10-13,15H2,1-3H3;(H,6,7). The van der Waals surface area contributed by atoms with E-state index in [1.807, 2.05) is 34.8 Å². The number of benzene rings is 1. The van der Waals surface area contributed by atoms with E-state index in [0.29, 0.717) is 19.6 Å². The predicted octanol–water partition coefficient (Wildman–Crippen LogP) is 3.94. The van der Waals surface area contributed by atoms with Crippen molar-refractivity contribution in [1.29, 1.82) is 0 Å². The number of aromatic nitrogens is 2. The van der Waals surface area contributed by atoms with Crippen molar-refractivity contribution in [3.05, 3.63) is 52.8 Å². The van der Waals surface area contributed by atoms with Gasteiger partial charge in [-0.2, -0.15) is 18.3 Å². The van der Waals surface area contributed by atoms with Crippen molar-refractivity contribution in [2.45, 2.75) is 58.8 Å². The van der Waals surface area contributed by atoms with Crippen LogP contribution in [0.15, 0.2) is 30.5 Å². The van der Waals surface area contributed by atoms with Crippen molar-refractivity contribution < 1.29 is 32.6 Å². The second-order valence-electron chi connectivity index (χ2n) is 7.61. The zero-order valence-corrected chi connectivity index (χ0v) is 19.1. The zero-order chi connectivity index (χ0) is 24.6. The molecule has 1 unspecified atom stereocenters. The Morgan fingerprint density at radius 2 is 1.91 bits per heavy atom. The fourth-order valence-electron chi connectivity index (χ4n) is 3.78. The Morgan fingerprint density at radius 1 is 1.24 bits per heavy atom. The highest BCUT2D eigenvalue weighted by Crippen LogP contribution is 2.31. The van der Waals surface area contributed by atoms with Crippen LogP contribution in [0.1, 0.15) is 48.7 Å². The van der Waals surface area contributed by atoms with Gasteiger partial charge in [0.25, 0.3) is 0 Å². The molecule has 3 rings (SSSR count). The largest absolute Gasteiger partial charge is 0.490 e. The third-order valence-electron chi connectivity index (χ3n) is 5.49. The molecule has 0 saturated carbocycles. The number of hydrogen-bond acceptors (Lipinski definition) is 4. The molecule has 0 saturated heterocycles. The number of hydrogen-bond donors (Lipinski definition) is 1. The fourth-order valence-corrected chi connectivity index (χ4v) is 3.78. The molecule has 1 amide bonds. The Kier molecular flexibility index (Phi) is 9.45. The first-order valence-electron chi connectivity index (χ1n) is 10.9. The van der Waals surface area contributed by atoms with Crippen LogP contribution in [-0.2, 0) is 33.7 Å². The molecule has 2 heterocycles. The number of nitrogens with zero attached hydrogens (tertiary/aromatic N) is 3. The van der Waals surface area contributed by atoms with Crippen LogP contribution < -0.4 is 0 Å². The highest BCUT2D eigenvalue weighted by molar-refractivity contribution is 5.77. The van der Waals surface area contributed by atoms with E-state index in [1.54, 1.807) is 0 Å². The molecule has 33 heavy (non-hydrogen) atoms. The first-order chi connectivity index (χ1) is 15.6. The van der Waals surface area contributed by atoms with Crippen LogP contribution in [0.25, 0.3) is 0 Å². The fraction of sp³-hybridized carbons (Fsp3) is 0.522. The van der Waals surface area contributed by atoms with E-state index in [0.717, 1.165) is 31.6 Å². The molecule has 2 aromatic rings. The molecule has 1 aliphatic rings. The zero-order valence-electron chi connectivity index (χ0n) is 19.1. The quantitative estimate of drug-likeness (QED) is 0.664. The summed E-state index contributed by atoms with van der Waals surface area (Å²) in [6.45, 7) is 8.92. The summed E-state index contributed by atoms with van der Waals surface area (Å²) in [4.78, 5) is 23.9. The Morgan fingerprint density at radius 3 is 2.48 bits per heavy atom. The third kappa shape index (κ3) is 7.05. The van der Waals surface area contributed by atoms with Gasteiger partial charge in [0.1, 0.15) is 0 Å². The molecule has 0 spiro atoms. The molecule has 0 aliphatic carbocycles. The van der Waals surface area contributed by atoms with Gasteiger partial charge in [0, 0.05) is 26.1 Å². The number of rotatable bonds is 7. The van der Waals surface area contributed by atoms with Crippen molar-refractivity contribution in [3.63, 3.8) is 0 Å². The number of amides is 1. The van der Waals surface area contributed by atoms with Gasteiger partial charge < -0.3 is 14.7 Å². The summed E-state index contributed by atoms with van der Waals surface area (Å²) in [5.41, 5.74) is 4.89. The summed E-state index contributed by atoms with van der Waals surface area (Å²) in [5.74, 6) is -2.56. The van der Waals surface area contributed by atoms with Crippen LogP contribution in [0, 0.1) is 6.92 Å². The molecule has 1 aromatic heterocycles. The average Bonchev–Trinajstić information content (AvgIpc) is 3.20. The monoisotopic (exact) mass is 469 g/mol. The number of alkyl halides is 3. The summed E-state index contributed by atoms with van der Waals surface area (Å²) < 4.78 is 39.5. The lowest BCUT2D eigenvalue weighted by Gasteiger charge is -2.36. The molecular weight excluding hydrogens is 439 g/mol. The molecular formula is C23H30F3N3O4. The van der Waals surface area contributed by atoms with Crippen molar-refractivity contribution in [2.24, 2.45) is 0 Å². The summed E-state index contributed by atoms with van der Waals surface area (Å²) in [6, 6.07) is 8.26. The summed E-state index contributed by atoms with van der Waals surface area (Å²) in [5, 5.41) is 11.6. The van der Waals surface area contributed by atoms with Gasteiger partial charge >= 0.3 is 12.1 Å². The number of carbonyl (C=O) groups excluding carboxylic acids is 1. The Balaban J connectivity index is 0.000000479. The highest BCUT2D eigenvalue weighted by atomic mass is 19.4. The minimum atomic E-state index is -5.08. The van der Waals surface area contributed by atoms with Crippen LogP contribution in [0.3, 0.4) is 0 Å². The maximum Gasteiger partial charge on any atom is 0.490 e. The number of carboxylic acid groups (broad SMARTS) is 1. The average molecular weight is 470 g/mol. The number of fused-ring (bicyclic) bond motifs is 1. The Labute approximate surface area is 191 Å². The Hall–Kier alpha value is -2.88. The molecule has 1 aliphatic heterocycles. The van der Waals surface area contributed by atoms with E-state index in [4.69, 9.17) is 14.6 Å². The number of carbonyl (C=O) groups is 2. The van der Waals surface area contributed by atoms with Gasteiger partial charge in [0.15, 0.2) is 0 Å². The Bertz CT molecular complexity index is 930. The van der Waals surface area contributed by atoms with Crippen molar-refractivity contribution in [3.8, 4) is 0 Å². The maximum atomic E-state index is 13.0. The van der Waals surface area contributed by atoms with Gasteiger partial charge in [-0.3, -0.25) is 9.48 Å². The van der Waals surface area contributed by atoms with Gasteiger partial charge in [0.2, 0.25) is 5.91 Å². The van der Waals surface area contributed by atoms with E-state index in [-0.39, 0.29) is 11.9 Å². The summed E-state index contributed by atoms with van der Waals surface area (Å²) in [6.07, 6.45) is -0.951. The SMILES string of the molecule is CCOCC1c2c(cnn2CC)CCN1C(=O)CCc1ccccc1C.O=C(O)C(F)(F)F. The van der Waals surface area contributed by atoms with Crippen molar-refractivity contribution in [1.82, 2.24) is 14.7 Å². The normalized spacial score (nSPS) is 15.5. The minimum absolute atomic E-state index is 0.0366. The topological polar surface area (TPSA) is 84.7 Å². The van der Waals surface area contributed by atoms with Crippen LogP contribution in [-0.4, -0.2) is 57.6 Å². The molecule has 182 valence electrons. The summed E-state index contributed by atoms with van der Waals surface area (Å²) in [7, 11) is 0. The van der Waals surface area contributed by atoms with Gasteiger partial charge in [-0.25, -0.2) is 4.79 Å². The van der Waals surface area contributed by atoms with Crippen LogP contribution in [0.2, 0.25) is 0 Å². The smallest absolute Gasteiger partial charge is 0.475 e. The van der Waals surface area contributed by atoms with Gasteiger partial charge in [-0.1, -0.05) is 24.3 Å². The van der Waals surface area contributed by atoms with E-state index >= 15 is 0 Å². The molecule has 1 atom stereocenters. The molecule has 1 aromatic carbocycles. The molecule has 0 fully saturated rings. The second kappa shape index (κ2) is 11.8. The molecule has 0 bridgehead atoms. The van der Waals surface area contributed by atoms with E-state index < -0.39 is 12.1 Å². The molecule has 10 heteroatoms. The number of carboxylic acids is 1. The highest BCUT2D eigenvalue weighted by Gasteiger charge is 2.38.